The Labute approximate surface area is 176 Å². The fourth-order valence-corrected chi connectivity index (χ4v) is 7.08. The second-order valence-corrected chi connectivity index (χ2v) is 11.9. The Balaban J connectivity index is 1.57. The highest BCUT2D eigenvalue weighted by atomic mass is 16.6. The fraction of sp³-hybridized carbons (Fsp3) is 0.920. The van der Waals surface area contributed by atoms with Crippen molar-refractivity contribution in [1.29, 1.82) is 0 Å². The van der Waals surface area contributed by atoms with Gasteiger partial charge in [0.2, 0.25) is 0 Å². The molecule has 0 amide bonds. The lowest BCUT2D eigenvalue weighted by atomic mass is 9.47. The molecule has 0 aromatic carbocycles. The van der Waals surface area contributed by atoms with Crippen LogP contribution < -0.4 is 0 Å². The third-order valence-corrected chi connectivity index (χ3v) is 8.98. The first-order chi connectivity index (χ1) is 13.5. The van der Waals surface area contributed by atoms with Gasteiger partial charge < -0.3 is 9.47 Å². The SMILES string of the molecule is CCC(C)(C)C(=O)OC12CC3CC(C1)CC(C(=O)OC1(C(C)C)CCCC1)(C3)C2. The Kier molecular flexibility index (Phi) is 5.10. The zero-order chi connectivity index (χ0) is 21.1. The highest BCUT2D eigenvalue weighted by Crippen LogP contribution is 2.64. The number of carbonyl (C=O) groups is 2. The Morgan fingerprint density at radius 1 is 1.00 bits per heavy atom. The minimum absolute atomic E-state index is 0.0115. The first kappa shape index (κ1) is 21.2. The molecule has 5 rings (SSSR count). The molecule has 0 spiro atoms. The highest BCUT2D eigenvalue weighted by molar-refractivity contribution is 5.79. The van der Waals surface area contributed by atoms with E-state index >= 15 is 0 Å². The van der Waals surface area contributed by atoms with E-state index in [0.717, 1.165) is 57.8 Å². The molecular formula is C25H40O4. The molecule has 5 aliphatic rings. The van der Waals surface area contributed by atoms with Crippen molar-refractivity contribution in [3.05, 3.63) is 0 Å². The molecule has 0 heterocycles. The second kappa shape index (κ2) is 6.99. The van der Waals surface area contributed by atoms with Crippen molar-refractivity contribution in [3.63, 3.8) is 0 Å². The molecule has 5 saturated carbocycles. The average molecular weight is 405 g/mol. The summed E-state index contributed by atoms with van der Waals surface area (Å²) in [7, 11) is 0. The van der Waals surface area contributed by atoms with Gasteiger partial charge in [0.05, 0.1) is 10.8 Å². The number of rotatable bonds is 6. The summed E-state index contributed by atoms with van der Waals surface area (Å²) in [6.45, 7) is 10.3. The van der Waals surface area contributed by atoms with Gasteiger partial charge in [-0.05, 0) is 95.8 Å². The molecule has 0 aliphatic heterocycles. The lowest BCUT2D eigenvalue weighted by Crippen LogP contribution is -2.61. The first-order valence-electron chi connectivity index (χ1n) is 12.0. The van der Waals surface area contributed by atoms with Crippen LogP contribution in [0.2, 0.25) is 0 Å². The van der Waals surface area contributed by atoms with Crippen LogP contribution in [0.1, 0.15) is 105 Å². The van der Waals surface area contributed by atoms with Crippen LogP contribution in [0.5, 0.6) is 0 Å². The topological polar surface area (TPSA) is 52.6 Å². The fourth-order valence-electron chi connectivity index (χ4n) is 7.08. The largest absolute Gasteiger partial charge is 0.459 e. The van der Waals surface area contributed by atoms with Crippen molar-refractivity contribution < 1.29 is 19.1 Å². The molecule has 0 aromatic heterocycles. The molecule has 0 N–H and O–H groups in total. The van der Waals surface area contributed by atoms with Crippen LogP contribution >= 0.6 is 0 Å². The van der Waals surface area contributed by atoms with E-state index < -0.39 is 16.4 Å². The quantitative estimate of drug-likeness (QED) is 0.524. The summed E-state index contributed by atoms with van der Waals surface area (Å²) in [6.07, 6.45) is 10.6. The van der Waals surface area contributed by atoms with Crippen molar-refractivity contribution in [1.82, 2.24) is 0 Å². The van der Waals surface area contributed by atoms with Gasteiger partial charge in [-0.15, -0.1) is 0 Å². The van der Waals surface area contributed by atoms with Crippen molar-refractivity contribution in [2.45, 2.75) is 116 Å². The average Bonchev–Trinajstić information content (AvgIpc) is 3.10. The zero-order valence-corrected chi connectivity index (χ0v) is 19.1. The van der Waals surface area contributed by atoms with E-state index in [2.05, 4.69) is 13.8 Å². The van der Waals surface area contributed by atoms with E-state index in [0.29, 0.717) is 24.2 Å². The standard InChI is InChI=1S/C25H40O4/c1-6-22(4,5)20(26)28-24-14-18-11-19(15-24)13-23(12-18,16-24)21(27)29-25(17(2)3)9-7-8-10-25/h17-19H,6-16H2,1-5H3. The van der Waals surface area contributed by atoms with Gasteiger partial charge in [0.1, 0.15) is 11.2 Å². The van der Waals surface area contributed by atoms with Crippen molar-refractivity contribution in [3.8, 4) is 0 Å². The van der Waals surface area contributed by atoms with Crippen LogP contribution in [-0.4, -0.2) is 23.1 Å². The van der Waals surface area contributed by atoms with E-state index in [9.17, 15) is 9.59 Å². The van der Waals surface area contributed by atoms with Crippen LogP contribution in [0.15, 0.2) is 0 Å². The number of hydrogen-bond donors (Lipinski definition) is 0. The van der Waals surface area contributed by atoms with E-state index in [1.807, 2.05) is 20.8 Å². The summed E-state index contributed by atoms with van der Waals surface area (Å²) in [5.74, 6) is 1.23. The Morgan fingerprint density at radius 3 is 2.10 bits per heavy atom. The lowest BCUT2D eigenvalue weighted by molar-refractivity contribution is -0.225. The van der Waals surface area contributed by atoms with Crippen molar-refractivity contribution >= 4 is 11.9 Å². The van der Waals surface area contributed by atoms with Gasteiger partial charge in [0.25, 0.3) is 0 Å². The van der Waals surface area contributed by atoms with E-state index in [-0.39, 0.29) is 17.5 Å². The van der Waals surface area contributed by atoms with Gasteiger partial charge in [-0.3, -0.25) is 9.59 Å². The number of esters is 2. The van der Waals surface area contributed by atoms with Crippen molar-refractivity contribution in [2.24, 2.45) is 28.6 Å². The number of ether oxygens (including phenoxy) is 2. The third kappa shape index (κ3) is 3.53. The molecule has 4 heteroatoms. The Morgan fingerprint density at radius 2 is 1.59 bits per heavy atom. The predicted molar refractivity (Wildman–Crippen MR) is 112 cm³/mol. The lowest BCUT2D eigenvalue weighted by Gasteiger charge is -2.60. The van der Waals surface area contributed by atoms with Gasteiger partial charge in [-0.25, -0.2) is 0 Å². The van der Waals surface area contributed by atoms with Gasteiger partial charge >= 0.3 is 11.9 Å². The Hall–Kier alpha value is -1.06. The summed E-state index contributed by atoms with van der Waals surface area (Å²) in [5, 5.41) is 0. The molecule has 0 radical (unpaired) electrons. The number of hydrogen-bond acceptors (Lipinski definition) is 4. The second-order valence-electron chi connectivity index (χ2n) is 11.9. The summed E-state index contributed by atoms with van der Waals surface area (Å²) in [6, 6.07) is 0. The molecule has 2 atom stereocenters. The molecule has 5 aliphatic carbocycles. The molecule has 164 valence electrons. The normalized spacial score (nSPS) is 37.7. The number of carbonyl (C=O) groups excluding carboxylic acids is 2. The minimum atomic E-state index is -0.470. The van der Waals surface area contributed by atoms with Gasteiger partial charge in [0.15, 0.2) is 0 Å². The molecule has 0 saturated heterocycles. The highest BCUT2D eigenvalue weighted by Gasteiger charge is 2.64. The van der Waals surface area contributed by atoms with Crippen LogP contribution in [0.3, 0.4) is 0 Å². The van der Waals surface area contributed by atoms with Crippen LogP contribution in [-0.2, 0) is 19.1 Å². The summed E-state index contributed by atoms with van der Waals surface area (Å²) in [4.78, 5) is 26.6. The molecule has 29 heavy (non-hydrogen) atoms. The van der Waals surface area contributed by atoms with E-state index in [4.69, 9.17) is 9.47 Å². The zero-order valence-electron chi connectivity index (χ0n) is 19.1. The molecule has 0 aromatic rings. The first-order valence-corrected chi connectivity index (χ1v) is 12.0. The van der Waals surface area contributed by atoms with E-state index in [1.54, 1.807) is 0 Å². The van der Waals surface area contributed by atoms with Crippen LogP contribution in [0.25, 0.3) is 0 Å². The van der Waals surface area contributed by atoms with Crippen LogP contribution in [0, 0.1) is 28.6 Å². The molecular weight excluding hydrogens is 364 g/mol. The summed E-state index contributed by atoms with van der Waals surface area (Å²) >= 11 is 0. The Bertz CT molecular complexity index is 656. The maximum atomic E-state index is 13.7. The third-order valence-electron chi connectivity index (χ3n) is 8.98. The minimum Gasteiger partial charge on any atom is -0.459 e. The monoisotopic (exact) mass is 404 g/mol. The predicted octanol–water partition coefficient (Wildman–Crippen LogP) is 5.82. The maximum absolute atomic E-state index is 13.7. The molecule has 4 bridgehead atoms. The van der Waals surface area contributed by atoms with Crippen molar-refractivity contribution in [2.75, 3.05) is 0 Å². The van der Waals surface area contributed by atoms with E-state index in [1.165, 1.54) is 6.42 Å². The van der Waals surface area contributed by atoms with Gasteiger partial charge in [0, 0.05) is 6.42 Å². The molecule has 5 fully saturated rings. The molecule has 4 nitrogen and oxygen atoms in total. The summed E-state index contributed by atoms with van der Waals surface area (Å²) in [5.41, 5.74) is -1.64. The smallest absolute Gasteiger partial charge is 0.312 e. The maximum Gasteiger partial charge on any atom is 0.312 e. The summed E-state index contributed by atoms with van der Waals surface area (Å²) < 4.78 is 12.7. The van der Waals surface area contributed by atoms with Crippen LogP contribution in [0.4, 0.5) is 0 Å². The molecule has 2 unspecified atom stereocenters. The van der Waals surface area contributed by atoms with Gasteiger partial charge in [-0.2, -0.15) is 0 Å². The van der Waals surface area contributed by atoms with Gasteiger partial charge in [-0.1, -0.05) is 20.8 Å².